The fourth-order valence-electron chi connectivity index (χ4n) is 3.60. The second-order valence-corrected chi connectivity index (χ2v) is 10.1. The van der Waals surface area contributed by atoms with Crippen LogP contribution in [0.15, 0.2) is 42.5 Å². The van der Waals surface area contributed by atoms with E-state index in [1.807, 2.05) is 52.8 Å². The molecule has 2 rings (SSSR count). The number of hydrogen-bond acceptors (Lipinski definition) is 4. The highest BCUT2D eigenvalue weighted by molar-refractivity contribution is 5.82. The van der Waals surface area contributed by atoms with Gasteiger partial charge in [0.25, 0.3) is 0 Å². The quantitative estimate of drug-likeness (QED) is 0.447. The third kappa shape index (κ3) is 5.92. The molecule has 0 aliphatic rings. The number of carbonyl (C=O) groups is 1. The van der Waals surface area contributed by atoms with E-state index in [-0.39, 0.29) is 22.4 Å². The molecule has 0 aliphatic carbocycles. The van der Waals surface area contributed by atoms with E-state index in [1.54, 1.807) is 12.1 Å². The Bertz CT molecular complexity index is 918. The van der Waals surface area contributed by atoms with E-state index < -0.39 is 11.5 Å². The number of nitrogens with two attached hydrogens (primary N) is 1. The number of ether oxygens (including phenoxy) is 1. The fraction of sp³-hybridized carbons (Fsp3) is 0.500. The van der Waals surface area contributed by atoms with Crippen molar-refractivity contribution in [3.8, 4) is 5.75 Å². The van der Waals surface area contributed by atoms with Gasteiger partial charge in [0.2, 0.25) is 0 Å². The van der Waals surface area contributed by atoms with Gasteiger partial charge in [0.15, 0.2) is 0 Å². The average Bonchev–Trinajstić information content (AvgIpc) is 2.71. The number of rotatable bonds is 8. The van der Waals surface area contributed by atoms with Crippen LogP contribution in [0, 0.1) is 5.82 Å². The second kappa shape index (κ2) is 9.49. The Morgan fingerprint density at radius 1 is 1.03 bits per heavy atom. The lowest BCUT2D eigenvalue weighted by Gasteiger charge is -2.34. The smallest absolute Gasteiger partial charge is 0.331 e. The van der Waals surface area contributed by atoms with Gasteiger partial charge in [-0.25, -0.2) is 9.18 Å². The van der Waals surface area contributed by atoms with Gasteiger partial charge in [-0.1, -0.05) is 71.9 Å². The first-order valence-corrected chi connectivity index (χ1v) is 10.9. The molecule has 0 saturated heterocycles. The van der Waals surface area contributed by atoms with Crippen LogP contribution in [0.2, 0.25) is 0 Å². The maximum Gasteiger partial charge on any atom is 0.331 e. The van der Waals surface area contributed by atoms with Crippen molar-refractivity contribution in [3.63, 3.8) is 0 Å². The van der Waals surface area contributed by atoms with Crippen molar-refractivity contribution in [2.45, 2.75) is 77.8 Å². The van der Waals surface area contributed by atoms with E-state index in [9.17, 15) is 9.18 Å². The summed E-state index contributed by atoms with van der Waals surface area (Å²) in [5, 5.41) is 3.40. The Morgan fingerprint density at radius 2 is 1.68 bits per heavy atom. The van der Waals surface area contributed by atoms with Gasteiger partial charge in [-0.15, -0.1) is 0 Å². The molecule has 0 saturated carbocycles. The molecule has 0 amide bonds. The van der Waals surface area contributed by atoms with E-state index in [2.05, 4.69) is 25.2 Å². The molecule has 0 aliphatic heterocycles. The highest BCUT2D eigenvalue weighted by Crippen LogP contribution is 2.29. The van der Waals surface area contributed by atoms with Gasteiger partial charge >= 0.3 is 5.97 Å². The predicted molar refractivity (Wildman–Crippen MR) is 125 cm³/mol. The van der Waals surface area contributed by atoms with Crippen molar-refractivity contribution in [2.75, 3.05) is 6.54 Å². The van der Waals surface area contributed by atoms with E-state index >= 15 is 0 Å². The number of benzene rings is 2. The maximum atomic E-state index is 14.5. The first-order valence-electron chi connectivity index (χ1n) is 10.9. The predicted octanol–water partition coefficient (Wildman–Crippen LogP) is 5.22. The lowest BCUT2D eigenvalue weighted by molar-refractivity contribution is -0.141. The van der Waals surface area contributed by atoms with E-state index in [0.29, 0.717) is 25.1 Å². The normalized spacial score (nSPS) is 14.2. The maximum absolute atomic E-state index is 14.5. The first-order chi connectivity index (χ1) is 14.3. The zero-order valence-corrected chi connectivity index (χ0v) is 19.9. The molecular weight excluding hydrogens is 391 g/mol. The molecule has 31 heavy (non-hydrogen) atoms. The van der Waals surface area contributed by atoms with E-state index in [1.165, 1.54) is 6.07 Å². The largest absolute Gasteiger partial charge is 0.425 e. The number of hydrogen-bond donors (Lipinski definition) is 2. The molecule has 0 fully saturated rings. The molecule has 0 radical (unpaired) electrons. The van der Waals surface area contributed by atoms with Gasteiger partial charge in [-0.3, -0.25) is 0 Å². The van der Waals surface area contributed by atoms with Gasteiger partial charge in [0, 0.05) is 24.6 Å². The van der Waals surface area contributed by atoms with Crippen LogP contribution in [-0.4, -0.2) is 18.1 Å². The van der Waals surface area contributed by atoms with Crippen molar-refractivity contribution < 1.29 is 13.9 Å². The molecule has 2 aromatic rings. The monoisotopic (exact) mass is 428 g/mol. The van der Waals surface area contributed by atoms with Crippen LogP contribution in [0.25, 0.3) is 0 Å². The van der Waals surface area contributed by atoms with E-state index in [4.69, 9.17) is 10.5 Å². The third-order valence-corrected chi connectivity index (χ3v) is 6.00. The summed E-state index contributed by atoms with van der Waals surface area (Å²) >= 11 is 0. The van der Waals surface area contributed by atoms with E-state index in [0.717, 1.165) is 11.1 Å². The van der Waals surface area contributed by atoms with Crippen molar-refractivity contribution in [3.05, 3.63) is 65.0 Å². The minimum atomic E-state index is -0.909. The molecule has 1 atom stereocenters. The molecule has 5 heteroatoms. The summed E-state index contributed by atoms with van der Waals surface area (Å²) in [4.78, 5) is 13.0. The molecule has 2 aromatic carbocycles. The Balaban J connectivity index is 2.16. The summed E-state index contributed by atoms with van der Waals surface area (Å²) in [5.41, 5.74) is 7.26. The van der Waals surface area contributed by atoms with Crippen molar-refractivity contribution in [1.29, 1.82) is 0 Å². The number of carbonyl (C=O) groups excluding carboxylic acids is 1. The van der Waals surface area contributed by atoms with Crippen LogP contribution in [0.5, 0.6) is 5.75 Å². The average molecular weight is 429 g/mol. The van der Waals surface area contributed by atoms with Gasteiger partial charge in [0.1, 0.15) is 17.1 Å². The lowest BCUT2D eigenvalue weighted by atomic mass is 9.80. The number of esters is 1. The van der Waals surface area contributed by atoms with Crippen molar-refractivity contribution in [2.24, 2.45) is 5.73 Å². The molecule has 0 aromatic heterocycles. The summed E-state index contributed by atoms with van der Waals surface area (Å²) in [6, 6.07) is 12.7. The van der Waals surface area contributed by atoms with Crippen LogP contribution in [-0.2, 0) is 22.2 Å². The number of nitrogens with one attached hydrogen (secondary N) is 1. The molecule has 170 valence electrons. The highest BCUT2D eigenvalue weighted by atomic mass is 19.1. The Hall–Kier alpha value is -2.24. The first kappa shape index (κ1) is 25.0. The van der Waals surface area contributed by atoms with Gasteiger partial charge in [-0.2, -0.15) is 0 Å². The standard InChI is InChI=1S/C26H37FN2O2/c1-8-26(7,29-17-25(5,6)20-12-10-9-11-18(20)16-28)23(30)31-19-13-14-21(22(27)15-19)24(2,3)4/h9-15,29H,8,16-17,28H2,1-7H3. The van der Waals surface area contributed by atoms with Crippen LogP contribution < -0.4 is 15.8 Å². The third-order valence-electron chi connectivity index (χ3n) is 6.00. The zero-order chi connectivity index (χ0) is 23.4. The molecule has 0 heterocycles. The zero-order valence-electron chi connectivity index (χ0n) is 19.9. The molecule has 0 bridgehead atoms. The Kier molecular flexibility index (Phi) is 7.66. The fourth-order valence-corrected chi connectivity index (χ4v) is 3.60. The minimum absolute atomic E-state index is 0.213. The lowest BCUT2D eigenvalue weighted by Crippen LogP contribution is -2.54. The topological polar surface area (TPSA) is 64.3 Å². The minimum Gasteiger partial charge on any atom is -0.425 e. The Morgan fingerprint density at radius 3 is 2.23 bits per heavy atom. The summed E-state index contributed by atoms with van der Waals surface area (Å²) < 4.78 is 20.1. The van der Waals surface area contributed by atoms with Crippen molar-refractivity contribution >= 4 is 5.97 Å². The number of halogens is 1. The molecule has 4 nitrogen and oxygen atoms in total. The summed E-state index contributed by atoms with van der Waals surface area (Å²) in [7, 11) is 0. The van der Waals surface area contributed by atoms with Crippen LogP contribution in [0.1, 0.15) is 71.6 Å². The molecule has 1 unspecified atom stereocenters. The molecule has 0 spiro atoms. The summed E-state index contributed by atoms with van der Waals surface area (Å²) in [6.45, 7) is 14.8. The van der Waals surface area contributed by atoms with Gasteiger partial charge < -0.3 is 15.8 Å². The summed E-state index contributed by atoms with van der Waals surface area (Å²) in [5.74, 6) is -0.589. The SMILES string of the molecule is CCC(C)(NCC(C)(C)c1ccccc1CN)C(=O)Oc1ccc(C(C)(C)C)c(F)c1. The molecular formula is C26H37FN2O2. The highest BCUT2D eigenvalue weighted by Gasteiger charge is 2.36. The van der Waals surface area contributed by atoms with Gasteiger partial charge in [0.05, 0.1) is 0 Å². The molecule has 3 N–H and O–H groups in total. The second-order valence-electron chi connectivity index (χ2n) is 10.1. The van der Waals surface area contributed by atoms with Crippen LogP contribution in [0.4, 0.5) is 4.39 Å². The van der Waals surface area contributed by atoms with Crippen LogP contribution >= 0.6 is 0 Å². The van der Waals surface area contributed by atoms with Crippen molar-refractivity contribution in [1.82, 2.24) is 5.32 Å². The van der Waals surface area contributed by atoms with Crippen LogP contribution in [0.3, 0.4) is 0 Å². The summed E-state index contributed by atoms with van der Waals surface area (Å²) in [6.07, 6.45) is 0.531. The Labute approximate surface area is 186 Å². The van der Waals surface area contributed by atoms with Gasteiger partial charge in [-0.05, 0) is 41.5 Å².